The van der Waals surface area contributed by atoms with Crippen molar-refractivity contribution in [2.75, 3.05) is 6.54 Å². The smallest absolute Gasteiger partial charge is 0.344 e. The van der Waals surface area contributed by atoms with Crippen LogP contribution in [-0.2, 0) is 9.53 Å². The fourth-order valence-corrected chi connectivity index (χ4v) is 2.56. The third-order valence-corrected chi connectivity index (χ3v) is 4.11. The van der Waals surface area contributed by atoms with Gasteiger partial charge in [0.15, 0.2) is 6.10 Å². The van der Waals surface area contributed by atoms with Gasteiger partial charge in [0.25, 0.3) is 5.91 Å². The van der Waals surface area contributed by atoms with E-state index < -0.39 is 35.2 Å². The van der Waals surface area contributed by atoms with Crippen LogP contribution in [0.2, 0.25) is 0 Å². The van der Waals surface area contributed by atoms with Crippen molar-refractivity contribution in [2.24, 2.45) is 0 Å². The number of benzene rings is 2. The Hall–Kier alpha value is -2.76. The van der Waals surface area contributed by atoms with Crippen molar-refractivity contribution in [3.05, 3.63) is 71.3 Å². The average Bonchev–Trinajstić information content (AvgIpc) is 2.62. The third-order valence-electron chi connectivity index (χ3n) is 4.11. The SMILES string of the molecule is CC[C@H](CNC(=O)[C@H](C)OC(=O)c1c(F)cccc1F)c1ccccc1. The van der Waals surface area contributed by atoms with E-state index in [9.17, 15) is 18.4 Å². The predicted molar refractivity (Wildman–Crippen MR) is 93.7 cm³/mol. The Labute approximate surface area is 151 Å². The molecule has 2 atom stereocenters. The Morgan fingerprint density at radius 2 is 1.65 bits per heavy atom. The predicted octanol–water partition coefficient (Wildman–Crippen LogP) is 3.82. The molecule has 0 spiro atoms. The van der Waals surface area contributed by atoms with Gasteiger partial charge in [-0.1, -0.05) is 43.3 Å². The lowest BCUT2D eigenvalue weighted by Crippen LogP contribution is -2.38. The van der Waals surface area contributed by atoms with Gasteiger partial charge in [-0.05, 0) is 31.0 Å². The molecule has 2 aromatic carbocycles. The van der Waals surface area contributed by atoms with Crippen molar-refractivity contribution in [3.63, 3.8) is 0 Å². The Balaban J connectivity index is 1.94. The number of esters is 1. The maximum atomic E-state index is 13.6. The number of nitrogens with one attached hydrogen (secondary N) is 1. The summed E-state index contributed by atoms with van der Waals surface area (Å²) in [5.74, 6) is -3.68. The van der Waals surface area contributed by atoms with Crippen molar-refractivity contribution in [2.45, 2.75) is 32.3 Å². The number of carbonyl (C=O) groups excluding carboxylic acids is 2. The zero-order valence-electron chi connectivity index (χ0n) is 14.7. The second-order valence-electron chi connectivity index (χ2n) is 5.91. The number of amides is 1. The molecule has 0 aliphatic heterocycles. The van der Waals surface area contributed by atoms with E-state index in [1.807, 2.05) is 37.3 Å². The molecule has 4 nitrogen and oxygen atoms in total. The summed E-state index contributed by atoms with van der Waals surface area (Å²) < 4.78 is 32.1. The molecule has 0 unspecified atom stereocenters. The zero-order chi connectivity index (χ0) is 19.1. The Morgan fingerprint density at radius 1 is 1.04 bits per heavy atom. The van der Waals surface area contributed by atoms with Crippen LogP contribution in [0.4, 0.5) is 8.78 Å². The highest BCUT2D eigenvalue weighted by atomic mass is 19.1. The molecular weight excluding hydrogens is 340 g/mol. The monoisotopic (exact) mass is 361 g/mol. The highest BCUT2D eigenvalue weighted by Crippen LogP contribution is 2.18. The number of ether oxygens (including phenoxy) is 1. The van der Waals surface area contributed by atoms with Gasteiger partial charge < -0.3 is 10.1 Å². The van der Waals surface area contributed by atoms with Crippen LogP contribution in [0.25, 0.3) is 0 Å². The highest BCUT2D eigenvalue weighted by molar-refractivity contribution is 5.92. The number of hydrogen-bond donors (Lipinski definition) is 1. The van der Waals surface area contributed by atoms with E-state index in [1.54, 1.807) is 0 Å². The molecule has 0 aromatic heterocycles. The minimum atomic E-state index is -1.21. The molecule has 2 rings (SSSR count). The Morgan fingerprint density at radius 3 is 2.23 bits per heavy atom. The summed E-state index contributed by atoms with van der Waals surface area (Å²) in [5, 5.41) is 2.71. The molecule has 26 heavy (non-hydrogen) atoms. The summed E-state index contributed by atoms with van der Waals surface area (Å²) in [5.41, 5.74) is 0.288. The van der Waals surface area contributed by atoms with Crippen LogP contribution in [0.15, 0.2) is 48.5 Å². The first-order valence-electron chi connectivity index (χ1n) is 8.41. The number of halogens is 2. The summed E-state index contributed by atoms with van der Waals surface area (Å²) in [6.07, 6.45) is -0.353. The lowest BCUT2D eigenvalue weighted by Gasteiger charge is -2.18. The minimum absolute atomic E-state index is 0.118. The van der Waals surface area contributed by atoms with Gasteiger partial charge in [0.1, 0.15) is 17.2 Å². The van der Waals surface area contributed by atoms with Crippen LogP contribution in [-0.4, -0.2) is 24.5 Å². The molecule has 0 fully saturated rings. The molecule has 2 aromatic rings. The van der Waals surface area contributed by atoms with Crippen molar-refractivity contribution in [1.82, 2.24) is 5.32 Å². The van der Waals surface area contributed by atoms with Gasteiger partial charge in [-0.15, -0.1) is 0 Å². The molecule has 0 saturated carbocycles. The first kappa shape index (κ1) is 19.6. The van der Waals surface area contributed by atoms with Gasteiger partial charge in [-0.3, -0.25) is 4.79 Å². The first-order chi connectivity index (χ1) is 12.4. The van der Waals surface area contributed by atoms with Crippen LogP contribution in [0.3, 0.4) is 0 Å². The van der Waals surface area contributed by atoms with Gasteiger partial charge in [0, 0.05) is 12.5 Å². The van der Waals surface area contributed by atoms with E-state index in [0.29, 0.717) is 6.54 Å². The summed E-state index contributed by atoms with van der Waals surface area (Å²) in [6, 6.07) is 12.8. The molecule has 6 heteroatoms. The highest BCUT2D eigenvalue weighted by Gasteiger charge is 2.24. The van der Waals surface area contributed by atoms with E-state index >= 15 is 0 Å². The van der Waals surface area contributed by atoms with Gasteiger partial charge in [-0.2, -0.15) is 0 Å². The maximum Gasteiger partial charge on any atom is 0.344 e. The first-order valence-corrected chi connectivity index (χ1v) is 8.41. The van der Waals surface area contributed by atoms with Crippen molar-refractivity contribution >= 4 is 11.9 Å². The van der Waals surface area contributed by atoms with E-state index in [4.69, 9.17) is 4.74 Å². The summed E-state index contributed by atoms with van der Waals surface area (Å²) >= 11 is 0. The number of hydrogen-bond acceptors (Lipinski definition) is 3. The summed E-state index contributed by atoms with van der Waals surface area (Å²) in [6.45, 7) is 3.74. The molecule has 1 amide bonds. The van der Waals surface area contributed by atoms with Gasteiger partial charge in [0.2, 0.25) is 0 Å². The lowest BCUT2D eigenvalue weighted by molar-refractivity contribution is -0.129. The summed E-state index contributed by atoms with van der Waals surface area (Å²) in [7, 11) is 0. The number of rotatable bonds is 7. The fourth-order valence-electron chi connectivity index (χ4n) is 2.56. The van der Waals surface area contributed by atoms with Crippen molar-refractivity contribution in [3.8, 4) is 0 Å². The molecule has 138 valence electrons. The van der Waals surface area contributed by atoms with Crippen molar-refractivity contribution < 1.29 is 23.1 Å². The zero-order valence-corrected chi connectivity index (χ0v) is 14.7. The van der Waals surface area contributed by atoms with Gasteiger partial charge >= 0.3 is 5.97 Å². The number of carbonyl (C=O) groups is 2. The van der Waals surface area contributed by atoms with Crippen LogP contribution in [0, 0.1) is 11.6 Å². The van der Waals surface area contributed by atoms with Crippen LogP contribution >= 0.6 is 0 Å². The maximum absolute atomic E-state index is 13.6. The van der Waals surface area contributed by atoms with Crippen LogP contribution in [0.1, 0.15) is 42.1 Å². The molecule has 0 saturated heterocycles. The largest absolute Gasteiger partial charge is 0.449 e. The Bertz CT molecular complexity index is 745. The lowest BCUT2D eigenvalue weighted by atomic mass is 9.96. The molecule has 0 bridgehead atoms. The standard InChI is InChI=1S/C20H21F2NO3/c1-3-14(15-8-5-4-6-9-15)12-23-19(24)13(2)26-20(25)18-16(21)10-7-11-17(18)22/h4-11,13-14H,3,12H2,1-2H3,(H,23,24)/t13-,14+/m0/s1. The fraction of sp³-hybridized carbons (Fsp3) is 0.300. The second kappa shape index (κ2) is 9.08. The molecule has 0 aliphatic carbocycles. The second-order valence-corrected chi connectivity index (χ2v) is 5.91. The van der Waals surface area contributed by atoms with E-state index in [0.717, 1.165) is 30.2 Å². The van der Waals surface area contributed by atoms with Crippen molar-refractivity contribution in [1.29, 1.82) is 0 Å². The topological polar surface area (TPSA) is 55.4 Å². The molecular formula is C20H21F2NO3. The average molecular weight is 361 g/mol. The molecule has 0 heterocycles. The molecule has 0 aliphatic rings. The Kier molecular flexibility index (Phi) is 6.83. The van der Waals surface area contributed by atoms with Gasteiger partial charge in [0.05, 0.1) is 0 Å². The van der Waals surface area contributed by atoms with E-state index in [2.05, 4.69) is 5.32 Å². The quantitative estimate of drug-likeness (QED) is 0.763. The van der Waals surface area contributed by atoms with E-state index in [1.165, 1.54) is 6.92 Å². The third kappa shape index (κ3) is 4.88. The van der Waals surface area contributed by atoms with Crippen LogP contribution in [0.5, 0.6) is 0 Å². The van der Waals surface area contributed by atoms with Crippen LogP contribution < -0.4 is 5.32 Å². The van der Waals surface area contributed by atoms with Gasteiger partial charge in [-0.25, -0.2) is 13.6 Å². The van der Waals surface area contributed by atoms with E-state index in [-0.39, 0.29) is 5.92 Å². The normalized spacial score (nSPS) is 12.9. The molecule has 0 radical (unpaired) electrons. The minimum Gasteiger partial charge on any atom is -0.449 e. The molecule has 1 N–H and O–H groups in total. The summed E-state index contributed by atoms with van der Waals surface area (Å²) in [4.78, 5) is 24.1.